The standard InChI is InChI=1S/C12H22OS/c1-5-6-9-7-10(13)12(4,8-14)11(9,2)3/h9,14H,5-8H2,1-4H3. The van der Waals surface area contributed by atoms with Crippen LogP contribution in [0, 0.1) is 16.7 Å². The molecule has 0 amide bonds. The van der Waals surface area contributed by atoms with Crippen LogP contribution < -0.4 is 0 Å². The number of carbonyl (C=O) groups is 1. The average Bonchev–Trinajstić information content (AvgIpc) is 2.29. The SMILES string of the molecule is CCCC1CC(=O)C(C)(CS)C1(C)C. The lowest BCUT2D eigenvalue weighted by Gasteiger charge is -2.39. The molecule has 1 nitrogen and oxygen atoms in total. The van der Waals surface area contributed by atoms with Crippen molar-refractivity contribution < 1.29 is 4.79 Å². The van der Waals surface area contributed by atoms with E-state index in [0.717, 1.165) is 6.42 Å². The highest BCUT2D eigenvalue weighted by atomic mass is 32.1. The Hall–Kier alpha value is 0.0200. The fourth-order valence-corrected chi connectivity index (χ4v) is 3.20. The molecule has 0 aromatic carbocycles. The lowest BCUT2D eigenvalue weighted by atomic mass is 9.65. The molecule has 2 atom stereocenters. The van der Waals surface area contributed by atoms with Gasteiger partial charge in [-0.2, -0.15) is 12.6 Å². The minimum absolute atomic E-state index is 0.113. The van der Waals surface area contributed by atoms with E-state index in [1.807, 2.05) is 0 Å². The maximum absolute atomic E-state index is 12.0. The number of thiol groups is 1. The van der Waals surface area contributed by atoms with Crippen LogP contribution in [0.4, 0.5) is 0 Å². The van der Waals surface area contributed by atoms with Crippen molar-refractivity contribution >= 4 is 18.4 Å². The third-order valence-corrected chi connectivity index (χ3v) is 5.08. The highest BCUT2D eigenvalue weighted by Gasteiger charge is 2.55. The minimum Gasteiger partial charge on any atom is -0.299 e. The van der Waals surface area contributed by atoms with Crippen molar-refractivity contribution in [3.8, 4) is 0 Å². The zero-order chi connectivity index (χ0) is 11.0. The number of ketones is 1. The molecule has 0 aromatic rings. The van der Waals surface area contributed by atoms with Crippen LogP contribution in [0.3, 0.4) is 0 Å². The predicted octanol–water partition coefficient (Wildman–Crippen LogP) is 3.34. The Morgan fingerprint density at radius 1 is 1.43 bits per heavy atom. The number of rotatable bonds is 3. The zero-order valence-electron chi connectivity index (χ0n) is 9.76. The summed E-state index contributed by atoms with van der Waals surface area (Å²) >= 11 is 4.36. The van der Waals surface area contributed by atoms with Gasteiger partial charge in [0.25, 0.3) is 0 Å². The monoisotopic (exact) mass is 214 g/mol. The normalized spacial score (nSPS) is 36.4. The van der Waals surface area contributed by atoms with Crippen LogP contribution in [-0.4, -0.2) is 11.5 Å². The van der Waals surface area contributed by atoms with E-state index in [9.17, 15) is 4.79 Å². The Labute approximate surface area is 93.1 Å². The molecular formula is C12H22OS. The molecule has 1 aliphatic carbocycles. The molecule has 0 bridgehead atoms. The summed E-state index contributed by atoms with van der Waals surface area (Å²) in [7, 11) is 0. The zero-order valence-corrected chi connectivity index (χ0v) is 10.7. The fourth-order valence-electron chi connectivity index (χ4n) is 2.62. The second-order valence-corrected chi connectivity index (χ2v) is 5.64. The lowest BCUT2D eigenvalue weighted by molar-refractivity contribution is -0.126. The first-order chi connectivity index (χ1) is 6.40. The molecule has 0 spiro atoms. The van der Waals surface area contributed by atoms with Gasteiger partial charge >= 0.3 is 0 Å². The van der Waals surface area contributed by atoms with Gasteiger partial charge in [-0.3, -0.25) is 4.79 Å². The average molecular weight is 214 g/mol. The van der Waals surface area contributed by atoms with Gasteiger partial charge in [-0.05, 0) is 17.8 Å². The van der Waals surface area contributed by atoms with E-state index in [0.29, 0.717) is 17.5 Å². The van der Waals surface area contributed by atoms with E-state index in [-0.39, 0.29) is 10.8 Å². The van der Waals surface area contributed by atoms with Gasteiger partial charge in [-0.15, -0.1) is 0 Å². The number of hydrogen-bond acceptors (Lipinski definition) is 2. The summed E-state index contributed by atoms with van der Waals surface area (Å²) in [4.78, 5) is 12.0. The summed E-state index contributed by atoms with van der Waals surface area (Å²) < 4.78 is 0. The van der Waals surface area contributed by atoms with Crippen LogP contribution in [0.5, 0.6) is 0 Å². The van der Waals surface area contributed by atoms with E-state index >= 15 is 0 Å². The molecule has 0 aliphatic heterocycles. The van der Waals surface area contributed by atoms with Gasteiger partial charge in [-0.25, -0.2) is 0 Å². The second-order valence-electron chi connectivity index (χ2n) is 5.32. The number of carbonyl (C=O) groups excluding carboxylic acids is 1. The number of Topliss-reactive ketones (excluding diaryl/α,β-unsaturated/α-hetero) is 1. The van der Waals surface area contributed by atoms with E-state index < -0.39 is 0 Å². The maximum atomic E-state index is 12.0. The maximum Gasteiger partial charge on any atom is 0.140 e. The van der Waals surface area contributed by atoms with Crippen molar-refractivity contribution in [1.29, 1.82) is 0 Å². The van der Waals surface area contributed by atoms with E-state index in [1.54, 1.807) is 0 Å². The van der Waals surface area contributed by atoms with Gasteiger partial charge in [0.05, 0.1) is 0 Å². The second kappa shape index (κ2) is 3.88. The van der Waals surface area contributed by atoms with Crippen molar-refractivity contribution in [3.05, 3.63) is 0 Å². The molecule has 0 heterocycles. The van der Waals surface area contributed by atoms with Crippen molar-refractivity contribution in [2.75, 3.05) is 5.75 Å². The van der Waals surface area contributed by atoms with E-state index in [1.165, 1.54) is 12.8 Å². The van der Waals surface area contributed by atoms with Gasteiger partial charge in [0, 0.05) is 17.6 Å². The van der Waals surface area contributed by atoms with Crippen LogP contribution in [-0.2, 0) is 4.79 Å². The highest BCUT2D eigenvalue weighted by molar-refractivity contribution is 7.80. The van der Waals surface area contributed by atoms with Crippen molar-refractivity contribution in [2.45, 2.75) is 47.0 Å². The molecule has 0 radical (unpaired) electrons. The van der Waals surface area contributed by atoms with Gasteiger partial charge in [0.15, 0.2) is 0 Å². The summed E-state index contributed by atoms with van der Waals surface area (Å²) in [5.41, 5.74) is -0.0994. The van der Waals surface area contributed by atoms with Gasteiger partial charge in [0.1, 0.15) is 5.78 Å². The minimum atomic E-state index is -0.212. The highest BCUT2D eigenvalue weighted by Crippen LogP contribution is 2.55. The van der Waals surface area contributed by atoms with E-state index in [4.69, 9.17) is 0 Å². The molecule has 1 aliphatic rings. The van der Waals surface area contributed by atoms with Crippen LogP contribution in [0.1, 0.15) is 47.0 Å². The Balaban J connectivity index is 2.96. The first-order valence-corrected chi connectivity index (χ1v) is 6.17. The van der Waals surface area contributed by atoms with Crippen LogP contribution in [0.15, 0.2) is 0 Å². The molecule has 1 fully saturated rings. The third-order valence-electron chi connectivity index (χ3n) is 4.44. The molecule has 0 aromatic heterocycles. The smallest absolute Gasteiger partial charge is 0.140 e. The Morgan fingerprint density at radius 3 is 2.36 bits per heavy atom. The summed E-state index contributed by atoms with van der Waals surface area (Å²) in [6.45, 7) is 8.73. The first-order valence-electron chi connectivity index (χ1n) is 5.54. The van der Waals surface area contributed by atoms with Gasteiger partial charge < -0.3 is 0 Å². The van der Waals surface area contributed by atoms with Crippen LogP contribution >= 0.6 is 12.6 Å². The first kappa shape index (κ1) is 12.1. The van der Waals surface area contributed by atoms with Crippen LogP contribution in [0.25, 0.3) is 0 Å². The molecule has 82 valence electrons. The summed E-state index contributed by atoms with van der Waals surface area (Å²) in [6, 6.07) is 0. The Bertz CT molecular complexity index is 234. The third kappa shape index (κ3) is 1.52. The molecule has 1 rings (SSSR count). The number of hydrogen-bond donors (Lipinski definition) is 1. The molecular weight excluding hydrogens is 192 g/mol. The molecule has 2 heteroatoms. The fraction of sp³-hybridized carbons (Fsp3) is 0.917. The predicted molar refractivity (Wildman–Crippen MR) is 63.8 cm³/mol. The van der Waals surface area contributed by atoms with Gasteiger partial charge in [-0.1, -0.05) is 34.1 Å². The summed E-state index contributed by atoms with van der Waals surface area (Å²) in [6.07, 6.45) is 3.10. The Morgan fingerprint density at radius 2 is 2.00 bits per heavy atom. The van der Waals surface area contributed by atoms with Crippen LogP contribution in [0.2, 0.25) is 0 Å². The lowest BCUT2D eigenvalue weighted by Crippen LogP contribution is -2.39. The quantitative estimate of drug-likeness (QED) is 0.713. The molecule has 0 N–H and O–H groups in total. The van der Waals surface area contributed by atoms with Crippen molar-refractivity contribution in [1.82, 2.24) is 0 Å². The topological polar surface area (TPSA) is 17.1 Å². The van der Waals surface area contributed by atoms with Crippen molar-refractivity contribution in [2.24, 2.45) is 16.7 Å². The summed E-state index contributed by atoms with van der Waals surface area (Å²) in [5.74, 6) is 1.65. The summed E-state index contributed by atoms with van der Waals surface area (Å²) in [5, 5.41) is 0. The van der Waals surface area contributed by atoms with Crippen molar-refractivity contribution in [3.63, 3.8) is 0 Å². The largest absolute Gasteiger partial charge is 0.299 e. The Kier molecular flexibility index (Phi) is 3.35. The molecule has 2 unspecified atom stereocenters. The van der Waals surface area contributed by atoms with E-state index in [2.05, 4.69) is 40.3 Å². The molecule has 1 saturated carbocycles. The van der Waals surface area contributed by atoms with Gasteiger partial charge in [0.2, 0.25) is 0 Å². The molecule has 0 saturated heterocycles. The molecule has 14 heavy (non-hydrogen) atoms.